The number of aromatic nitrogens is 2. The second kappa shape index (κ2) is 14.7. The number of hydrogen-bond donors (Lipinski definition) is 0. The monoisotopic (exact) mass is 641 g/mol. The van der Waals surface area contributed by atoms with Crippen molar-refractivity contribution in [2.75, 3.05) is 62.3 Å². The van der Waals surface area contributed by atoms with Crippen molar-refractivity contribution in [3.63, 3.8) is 0 Å². The number of piperazine rings is 1. The number of halogens is 3. The highest BCUT2D eigenvalue weighted by molar-refractivity contribution is 5.87. The van der Waals surface area contributed by atoms with Gasteiger partial charge >= 0.3 is 12.2 Å². The Balaban J connectivity index is 1.39. The van der Waals surface area contributed by atoms with Gasteiger partial charge in [0.1, 0.15) is 5.82 Å². The van der Waals surface area contributed by atoms with Crippen LogP contribution in [0.15, 0.2) is 36.9 Å². The minimum absolute atomic E-state index is 0.110. The van der Waals surface area contributed by atoms with Crippen LogP contribution in [-0.4, -0.2) is 96.3 Å². The molecule has 1 aromatic carbocycles. The summed E-state index contributed by atoms with van der Waals surface area (Å²) in [6.07, 6.45) is -0.731. The zero-order chi connectivity index (χ0) is 32.8. The Labute approximate surface area is 268 Å². The van der Waals surface area contributed by atoms with Gasteiger partial charge in [-0.2, -0.15) is 28.4 Å². The van der Waals surface area contributed by atoms with Gasteiger partial charge in [-0.15, -0.1) is 0 Å². The molecule has 13 heteroatoms. The van der Waals surface area contributed by atoms with E-state index in [4.69, 9.17) is 19.4 Å². The summed E-state index contributed by atoms with van der Waals surface area (Å²) in [6, 6.07) is 7.90. The van der Waals surface area contributed by atoms with Crippen LogP contribution in [0.3, 0.4) is 0 Å². The summed E-state index contributed by atoms with van der Waals surface area (Å²) >= 11 is 0. The maximum Gasteiger partial charge on any atom is 0.418 e. The third-order valence-electron chi connectivity index (χ3n) is 9.05. The lowest BCUT2D eigenvalue weighted by atomic mass is 10.0. The number of carbonyl (C=O) groups excluding carboxylic acids is 1. The van der Waals surface area contributed by atoms with Gasteiger partial charge in [-0.3, -0.25) is 9.69 Å². The second-order valence-corrected chi connectivity index (χ2v) is 12.0. The molecule has 0 radical (unpaired) electrons. The van der Waals surface area contributed by atoms with Gasteiger partial charge in [0.2, 0.25) is 5.91 Å². The predicted octanol–water partition coefficient (Wildman–Crippen LogP) is 4.44. The quantitative estimate of drug-likeness (QED) is 0.276. The molecule has 2 saturated heterocycles. The molecule has 2 aromatic rings. The van der Waals surface area contributed by atoms with Crippen LogP contribution in [0.5, 0.6) is 6.01 Å². The Bertz CT molecular complexity index is 1430. The lowest BCUT2D eigenvalue weighted by Gasteiger charge is -2.42. The van der Waals surface area contributed by atoms with Crippen LogP contribution in [0.1, 0.15) is 49.9 Å². The number of benzene rings is 1. The molecule has 2 fully saturated rings. The summed E-state index contributed by atoms with van der Waals surface area (Å²) in [5, 5.41) is 9.49. The number of fused-ring (bicyclic) bond motifs is 1. The third-order valence-corrected chi connectivity index (χ3v) is 9.05. The standard InChI is InChI=1S/C33H42F3N7O3/c1-4-25-20-40(23(3)22-46-25)14-8-18-45-32-38-28-21-41(29-10-7-6-9-27(29)33(34,35)36)15-12-26(28)31(39-32)42-16-17-43(30(44)5-2)24(19-42)11-13-37/h5-7,9-10,23-25H,2,4,8,11-12,14-22H2,1,3H3/t23-,24?,25-/m1/s1. The normalized spacial score (nSPS) is 22.3. The number of para-hydroxylation sites is 1. The summed E-state index contributed by atoms with van der Waals surface area (Å²) in [5.74, 6) is 0.414. The fourth-order valence-electron chi connectivity index (χ4n) is 6.51. The number of amides is 1. The zero-order valence-electron chi connectivity index (χ0n) is 26.5. The molecule has 3 atom stereocenters. The average molecular weight is 642 g/mol. The van der Waals surface area contributed by atoms with E-state index in [1.54, 1.807) is 15.9 Å². The molecule has 0 spiro atoms. The minimum atomic E-state index is -4.49. The van der Waals surface area contributed by atoms with E-state index < -0.39 is 11.7 Å². The Morgan fingerprint density at radius 3 is 2.74 bits per heavy atom. The van der Waals surface area contributed by atoms with Gasteiger partial charge in [0.05, 0.1) is 55.7 Å². The van der Waals surface area contributed by atoms with Crippen LogP contribution in [0.25, 0.3) is 0 Å². The first-order valence-electron chi connectivity index (χ1n) is 16.0. The van der Waals surface area contributed by atoms with Crippen molar-refractivity contribution in [3.05, 3.63) is 53.7 Å². The zero-order valence-corrected chi connectivity index (χ0v) is 26.5. The molecular weight excluding hydrogens is 599 g/mol. The topological polar surface area (TPSA) is 98.1 Å². The van der Waals surface area contributed by atoms with Crippen LogP contribution < -0.4 is 14.5 Å². The van der Waals surface area contributed by atoms with E-state index in [1.807, 2.05) is 4.90 Å². The molecule has 0 bridgehead atoms. The number of nitrogens with zero attached hydrogens (tertiary/aromatic N) is 7. The van der Waals surface area contributed by atoms with E-state index in [2.05, 4.69) is 31.4 Å². The first kappa shape index (κ1) is 33.5. The van der Waals surface area contributed by atoms with E-state index in [9.17, 15) is 23.2 Å². The maximum atomic E-state index is 13.9. The summed E-state index contributed by atoms with van der Waals surface area (Å²) in [4.78, 5) is 29.9. The molecule has 1 unspecified atom stereocenters. The molecule has 0 N–H and O–H groups in total. The number of anilines is 2. The van der Waals surface area contributed by atoms with Gasteiger partial charge in [-0.25, -0.2) is 0 Å². The SMILES string of the molecule is C=CC(=O)N1CCN(c2nc(OCCCN3C[C@@H](CC)OC[C@H]3C)nc3c2CCN(c2ccccc2C(F)(F)F)C3)CC1CC#N. The number of rotatable bonds is 10. The van der Waals surface area contributed by atoms with E-state index >= 15 is 0 Å². The van der Waals surface area contributed by atoms with Gasteiger partial charge in [0, 0.05) is 56.6 Å². The van der Waals surface area contributed by atoms with Crippen molar-refractivity contribution in [3.8, 4) is 12.1 Å². The van der Waals surface area contributed by atoms with Crippen molar-refractivity contribution in [1.82, 2.24) is 19.8 Å². The predicted molar refractivity (Wildman–Crippen MR) is 168 cm³/mol. The Morgan fingerprint density at radius 2 is 2.00 bits per heavy atom. The van der Waals surface area contributed by atoms with Crippen LogP contribution in [0, 0.1) is 11.3 Å². The number of carbonyl (C=O) groups is 1. The number of ether oxygens (including phenoxy) is 2. The average Bonchev–Trinajstić information content (AvgIpc) is 3.06. The Hall–Kier alpha value is -3.89. The lowest BCUT2D eigenvalue weighted by molar-refractivity contribution is -0.137. The van der Waals surface area contributed by atoms with E-state index in [1.165, 1.54) is 18.2 Å². The second-order valence-electron chi connectivity index (χ2n) is 12.0. The Morgan fingerprint density at radius 1 is 1.20 bits per heavy atom. The van der Waals surface area contributed by atoms with Crippen LogP contribution in [0.4, 0.5) is 24.7 Å². The summed E-state index contributed by atoms with van der Waals surface area (Å²) in [7, 11) is 0. The molecule has 1 amide bonds. The van der Waals surface area contributed by atoms with E-state index in [-0.39, 0.29) is 42.7 Å². The van der Waals surface area contributed by atoms with Gasteiger partial charge in [-0.05, 0) is 44.4 Å². The van der Waals surface area contributed by atoms with Gasteiger partial charge in [0.15, 0.2) is 0 Å². The van der Waals surface area contributed by atoms with Crippen LogP contribution in [0.2, 0.25) is 0 Å². The number of morpholine rings is 1. The molecule has 46 heavy (non-hydrogen) atoms. The summed E-state index contributed by atoms with van der Waals surface area (Å²) in [6.45, 7) is 12.4. The first-order chi connectivity index (χ1) is 22.1. The molecule has 0 aliphatic carbocycles. The van der Waals surface area contributed by atoms with Crippen molar-refractivity contribution in [1.29, 1.82) is 5.26 Å². The third kappa shape index (κ3) is 7.56. The molecule has 3 aliphatic heterocycles. The number of alkyl halides is 3. The lowest BCUT2D eigenvalue weighted by Crippen LogP contribution is -2.55. The highest BCUT2D eigenvalue weighted by Gasteiger charge is 2.37. The van der Waals surface area contributed by atoms with Gasteiger partial charge < -0.3 is 24.2 Å². The maximum absolute atomic E-state index is 13.9. The fourth-order valence-corrected chi connectivity index (χ4v) is 6.51. The molecule has 10 nitrogen and oxygen atoms in total. The van der Waals surface area contributed by atoms with Crippen LogP contribution in [-0.2, 0) is 28.7 Å². The highest BCUT2D eigenvalue weighted by atomic mass is 19.4. The molecular formula is C33H42F3N7O3. The largest absolute Gasteiger partial charge is 0.463 e. The van der Waals surface area contributed by atoms with E-state index in [0.717, 1.165) is 37.6 Å². The molecule has 5 rings (SSSR count). The summed E-state index contributed by atoms with van der Waals surface area (Å²) < 4.78 is 53.7. The Kier molecular flexibility index (Phi) is 10.7. The number of nitriles is 1. The molecule has 248 valence electrons. The van der Waals surface area contributed by atoms with Gasteiger partial charge in [-0.1, -0.05) is 25.6 Å². The van der Waals surface area contributed by atoms with Crippen molar-refractivity contribution in [2.24, 2.45) is 0 Å². The number of hydrogen-bond acceptors (Lipinski definition) is 9. The molecule has 3 aliphatic rings. The van der Waals surface area contributed by atoms with Crippen molar-refractivity contribution in [2.45, 2.75) is 70.4 Å². The van der Waals surface area contributed by atoms with Crippen molar-refractivity contribution >= 4 is 17.4 Å². The smallest absolute Gasteiger partial charge is 0.418 e. The molecule has 4 heterocycles. The molecule has 1 aromatic heterocycles. The van der Waals surface area contributed by atoms with E-state index in [0.29, 0.717) is 63.4 Å². The molecule has 0 saturated carbocycles. The van der Waals surface area contributed by atoms with Crippen LogP contribution >= 0.6 is 0 Å². The minimum Gasteiger partial charge on any atom is -0.463 e. The highest BCUT2D eigenvalue weighted by Crippen LogP contribution is 2.39. The van der Waals surface area contributed by atoms with Crippen molar-refractivity contribution < 1.29 is 27.4 Å². The summed E-state index contributed by atoms with van der Waals surface area (Å²) in [5.41, 5.74) is 0.880. The first-order valence-corrected chi connectivity index (χ1v) is 16.0. The van der Waals surface area contributed by atoms with Gasteiger partial charge in [0.25, 0.3) is 0 Å². The fraction of sp³-hybridized carbons (Fsp3) is 0.576.